The first-order valence-corrected chi connectivity index (χ1v) is 10.7. The van der Waals surface area contributed by atoms with Crippen LogP contribution in [0.4, 0.5) is 0 Å². The molecule has 176 valence electrons. The third kappa shape index (κ3) is 13.6. The van der Waals surface area contributed by atoms with Gasteiger partial charge in [-0.2, -0.15) is 17.8 Å². The van der Waals surface area contributed by atoms with Gasteiger partial charge in [0.2, 0.25) is 0 Å². The fourth-order valence-corrected chi connectivity index (χ4v) is 3.94. The average molecular weight is 522 g/mol. The van der Waals surface area contributed by atoms with Gasteiger partial charge in [-0.3, -0.25) is 0 Å². The molecule has 10 nitrogen and oxygen atoms in total. The number of hydrogen-bond donors (Lipinski definition) is 0. The van der Waals surface area contributed by atoms with Gasteiger partial charge in [-0.05, 0) is 0 Å². The van der Waals surface area contributed by atoms with E-state index in [0.29, 0.717) is 18.1 Å². The van der Waals surface area contributed by atoms with Crippen molar-refractivity contribution in [2.45, 2.75) is 75.9 Å². The van der Waals surface area contributed by atoms with Gasteiger partial charge in [0, 0.05) is 0 Å². The summed E-state index contributed by atoms with van der Waals surface area (Å²) in [6.07, 6.45) is 18.0. The first-order valence-electron chi connectivity index (χ1n) is 10.7. The molecule has 4 heterocycles. The largest absolute Gasteiger partial charge is 4.00 e. The summed E-state index contributed by atoms with van der Waals surface area (Å²) in [5.74, 6) is 0. The zero-order valence-electron chi connectivity index (χ0n) is 17.8. The van der Waals surface area contributed by atoms with Crippen molar-refractivity contribution in [2.24, 2.45) is 10.7 Å². The van der Waals surface area contributed by atoms with Crippen molar-refractivity contribution in [3.63, 3.8) is 0 Å². The van der Waals surface area contributed by atoms with E-state index in [4.69, 9.17) is 20.2 Å². The van der Waals surface area contributed by atoms with Gasteiger partial charge in [-0.15, -0.1) is 49.0 Å². The van der Waals surface area contributed by atoms with Crippen LogP contribution in [0.1, 0.15) is 57.8 Å². The van der Waals surface area contributed by atoms with Crippen LogP contribution in [-0.4, -0.2) is 44.3 Å². The van der Waals surface area contributed by atoms with Crippen LogP contribution in [-0.2, 0) is 19.5 Å². The molecular formula is C20H32N6O4Ru-2. The van der Waals surface area contributed by atoms with Gasteiger partial charge < -0.3 is 41.5 Å². The van der Waals surface area contributed by atoms with Crippen LogP contribution in [0.25, 0.3) is 21.3 Å². The second kappa shape index (κ2) is 20.5. The van der Waals surface area contributed by atoms with E-state index in [2.05, 4.69) is 39.5 Å². The Morgan fingerprint density at radius 3 is 1.61 bits per heavy atom. The molecule has 4 aliphatic rings. The van der Waals surface area contributed by atoms with Crippen LogP contribution in [0.2, 0.25) is 0 Å². The van der Waals surface area contributed by atoms with E-state index in [-0.39, 0.29) is 19.5 Å². The minimum Gasteiger partial charge on any atom is -0.686 e. The maximum absolute atomic E-state index is 8.00. The van der Waals surface area contributed by atoms with Gasteiger partial charge in [-0.1, -0.05) is 69.9 Å². The van der Waals surface area contributed by atoms with E-state index < -0.39 is 0 Å². The Morgan fingerprint density at radius 1 is 0.774 bits per heavy atom. The van der Waals surface area contributed by atoms with Gasteiger partial charge in [0.25, 0.3) is 0 Å². The van der Waals surface area contributed by atoms with E-state index in [1.54, 1.807) is 0 Å². The topological polar surface area (TPSA) is 161 Å². The zero-order valence-corrected chi connectivity index (χ0v) is 19.6. The fourth-order valence-electron chi connectivity index (χ4n) is 3.94. The van der Waals surface area contributed by atoms with E-state index in [0.717, 1.165) is 36.9 Å². The minimum atomic E-state index is 0. The molecule has 3 saturated heterocycles. The predicted octanol–water partition coefficient (Wildman–Crippen LogP) is 6.08. The molecule has 0 aromatic heterocycles. The van der Waals surface area contributed by atoms with Crippen LogP contribution in [0.3, 0.4) is 0 Å². The first kappa shape index (κ1) is 29.6. The van der Waals surface area contributed by atoms with Crippen molar-refractivity contribution >= 4 is 0 Å². The molecule has 0 aromatic rings. The monoisotopic (exact) mass is 522 g/mol. The van der Waals surface area contributed by atoms with E-state index in [1.807, 2.05) is 0 Å². The molecule has 3 atom stereocenters. The maximum Gasteiger partial charge on any atom is 4.00 e. The third-order valence-corrected chi connectivity index (χ3v) is 5.35. The Kier molecular flexibility index (Phi) is 19.5. The van der Waals surface area contributed by atoms with Crippen LogP contribution in [0.15, 0.2) is 34.6 Å². The van der Waals surface area contributed by atoms with E-state index >= 15 is 0 Å². The molecule has 0 bridgehead atoms. The van der Waals surface area contributed by atoms with Crippen molar-refractivity contribution in [1.29, 1.82) is 0 Å². The van der Waals surface area contributed by atoms with Crippen molar-refractivity contribution in [3.05, 3.63) is 65.4 Å². The number of hydrogen-bond acceptors (Lipinski definition) is 6. The third-order valence-electron chi connectivity index (χ3n) is 5.35. The number of allylic oxidation sites excluding steroid dienone is 2. The Labute approximate surface area is 197 Å². The second-order valence-electron chi connectivity index (χ2n) is 7.37. The molecule has 0 aromatic carbocycles. The summed E-state index contributed by atoms with van der Waals surface area (Å²) in [5, 5.41) is 36.3. The zero-order chi connectivity index (χ0) is 21.9. The smallest absolute Gasteiger partial charge is 0.686 e. The average Bonchev–Trinajstić information content (AvgIpc) is 2.83. The summed E-state index contributed by atoms with van der Waals surface area (Å²) in [5.41, 5.74) is 1.19. The minimum absolute atomic E-state index is 0. The van der Waals surface area contributed by atoms with Crippen molar-refractivity contribution in [2.75, 3.05) is 26.2 Å². The van der Waals surface area contributed by atoms with Crippen molar-refractivity contribution in [1.82, 2.24) is 0 Å². The first-order chi connectivity index (χ1) is 14.8. The van der Waals surface area contributed by atoms with Crippen LogP contribution in [0.5, 0.6) is 0 Å². The van der Waals surface area contributed by atoms with E-state index in [1.165, 1.54) is 63.5 Å². The summed E-state index contributed by atoms with van der Waals surface area (Å²) >= 11 is 0. The molecule has 0 aliphatic carbocycles. The molecule has 31 heavy (non-hydrogen) atoms. The molecule has 4 aliphatic heterocycles. The summed E-state index contributed by atoms with van der Waals surface area (Å²) in [4.78, 5) is 16.0. The van der Waals surface area contributed by atoms with Crippen molar-refractivity contribution < 1.29 is 19.5 Å². The predicted molar refractivity (Wildman–Crippen MR) is 121 cm³/mol. The summed E-state index contributed by atoms with van der Waals surface area (Å²) < 4.78 is 0. The quantitative estimate of drug-likeness (QED) is 0.245. The molecule has 0 radical (unpaired) electrons. The second-order valence-corrected chi connectivity index (χ2v) is 7.37. The summed E-state index contributed by atoms with van der Waals surface area (Å²) in [6, 6.07) is 1.60. The van der Waals surface area contributed by atoms with Crippen LogP contribution >= 0.6 is 0 Å². The van der Waals surface area contributed by atoms with E-state index in [9.17, 15) is 0 Å². The molecule has 3 unspecified atom stereocenters. The van der Waals surface area contributed by atoms with Gasteiger partial charge in [0.1, 0.15) is 0 Å². The number of nitrogens with zero attached hydrogens (tertiary/aromatic N) is 6. The Hall–Kier alpha value is -1.42. The number of piperidine rings is 3. The van der Waals surface area contributed by atoms with Gasteiger partial charge in [0.05, 0.1) is 0 Å². The molecule has 11 heteroatoms. The fraction of sp³-hybridized carbons (Fsp3) is 0.800. The molecule has 0 amide bonds. The Morgan fingerprint density at radius 2 is 1.26 bits per heavy atom. The van der Waals surface area contributed by atoms with Gasteiger partial charge >= 0.3 is 19.5 Å². The summed E-state index contributed by atoms with van der Waals surface area (Å²) in [6.45, 7) is 4.06. The Balaban J connectivity index is 0.000000453. The number of rotatable bonds is 2. The standard InChI is InChI=1S/C10H18N2.C10H14N2.2HNO2.Ru/c2*1-3-7-11-9(5-1)10-6-2-4-8-12-10;2*2-1-3;/h9-10H,1-8H2;1,3,5,10H,2,4,6-8H2;2*(H,2,3);/q2*-2;;;+4/p-2. The molecule has 0 N–H and O–H groups in total. The molecule has 4 rings (SSSR count). The SMILES string of the molecule is C1=CC[N-]C(C2CCCC[N-]2)=C1.C1CCC(C2CCCC[N-]2)[N-]C1.O=N[O-].O=N[O-].[Ru+4]. The normalized spacial score (nSPS) is 26.8. The van der Waals surface area contributed by atoms with Crippen molar-refractivity contribution in [3.8, 4) is 0 Å². The molecule has 0 spiro atoms. The molecule has 3 fully saturated rings. The summed E-state index contributed by atoms with van der Waals surface area (Å²) in [7, 11) is 0. The van der Waals surface area contributed by atoms with Crippen LogP contribution < -0.4 is 0 Å². The Bertz CT molecular complexity index is 484. The van der Waals surface area contributed by atoms with Crippen LogP contribution in [0, 0.1) is 20.2 Å². The molecule has 0 saturated carbocycles. The molecular weight excluding hydrogens is 489 g/mol. The van der Waals surface area contributed by atoms with Gasteiger partial charge in [0.15, 0.2) is 0 Å². The van der Waals surface area contributed by atoms with Gasteiger partial charge in [-0.25, -0.2) is 0 Å². The maximum atomic E-state index is 8.00.